The molecule has 30 heavy (non-hydrogen) atoms. The zero-order valence-corrected chi connectivity index (χ0v) is 18.4. The van der Waals surface area contributed by atoms with Gasteiger partial charge in [0.25, 0.3) is 5.91 Å². The highest BCUT2D eigenvalue weighted by atomic mass is 32.2. The third-order valence-corrected chi connectivity index (χ3v) is 6.75. The Morgan fingerprint density at radius 2 is 1.70 bits per heavy atom. The predicted octanol–water partition coefficient (Wildman–Crippen LogP) is 3.91. The molecular formula is C22H28N2O5S. The van der Waals surface area contributed by atoms with E-state index in [1.165, 1.54) is 29.6 Å². The van der Waals surface area contributed by atoms with Crippen LogP contribution in [0, 0.1) is 0 Å². The van der Waals surface area contributed by atoms with Gasteiger partial charge in [0.05, 0.1) is 23.7 Å². The maximum atomic E-state index is 13.0. The molecule has 0 unspecified atom stereocenters. The molecule has 0 atom stereocenters. The first-order valence-electron chi connectivity index (χ1n) is 10.1. The second kappa shape index (κ2) is 9.49. The zero-order valence-electron chi connectivity index (χ0n) is 17.6. The van der Waals surface area contributed by atoms with Gasteiger partial charge in [-0.1, -0.05) is 6.42 Å². The van der Waals surface area contributed by atoms with Gasteiger partial charge in [-0.15, -0.1) is 0 Å². The second-order valence-corrected chi connectivity index (χ2v) is 9.41. The molecule has 3 rings (SSSR count). The summed E-state index contributed by atoms with van der Waals surface area (Å²) in [6, 6.07) is 11.4. The van der Waals surface area contributed by atoms with Crippen LogP contribution in [-0.4, -0.2) is 44.9 Å². The fourth-order valence-corrected chi connectivity index (χ4v) is 4.91. The number of sulfonamides is 1. The molecule has 7 nitrogen and oxygen atoms in total. The minimum absolute atomic E-state index is 0.0549. The zero-order chi connectivity index (χ0) is 21.7. The molecule has 0 saturated carbocycles. The number of hydrogen-bond acceptors (Lipinski definition) is 5. The molecule has 1 N–H and O–H groups in total. The normalized spacial score (nSPS) is 15.1. The number of piperidine rings is 1. The average molecular weight is 433 g/mol. The number of carbonyl (C=O) groups excluding carboxylic acids is 1. The number of anilines is 1. The van der Waals surface area contributed by atoms with Crippen LogP contribution in [-0.2, 0) is 10.0 Å². The van der Waals surface area contributed by atoms with E-state index in [1.807, 2.05) is 13.8 Å². The van der Waals surface area contributed by atoms with Crippen molar-refractivity contribution in [1.29, 1.82) is 0 Å². The van der Waals surface area contributed by atoms with E-state index >= 15 is 0 Å². The van der Waals surface area contributed by atoms with Crippen LogP contribution in [0.3, 0.4) is 0 Å². The van der Waals surface area contributed by atoms with E-state index < -0.39 is 15.9 Å². The Morgan fingerprint density at radius 3 is 2.30 bits per heavy atom. The third kappa shape index (κ3) is 5.12. The fraction of sp³-hybridized carbons (Fsp3) is 0.409. The smallest absolute Gasteiger partial charge is 0.259 e. The highest BCUT2D eigenvalue weighted by molar-refractivity contribution is 7.89. The summed E-state index contributed by atoms with van der Waals surface area (Å²) in [5.41, 5.74) is 0.737. The average Bonchev–Trinajstić information content (AvgIpc) is 2.75. The Labute approximate surface area is 178 Å². The minimum Gasteiger partial charge on any atom is -0.496 e. The standard InChI is InChI=1S/C22H28N2O5S/c1-16(2)29-18-9-7-17(8-10-18)23-22(25)20-15-19(11-12-21(20)28-3)30(26,27)24-13-5-4-6-14-24/h7-12,15-16H,4-6,13-14H2,1-3H3,(H,23,25). The maximum Gasteiger partial charge on any atom is 0.259 e. The molecule has 1 aliphatic rings. The van der Waals surface area contributed by atoms with E-state index in [0.717, 1.165) is 19.3 Å². The van der Waals surface area contributed by atoms with E-state index in [4.69, 9.17) is 9.47 Å². The number of amides is 1. The van der Waals surface area contributed by atoms with Crippen LogP contribution >= 0.6 is 0 Å². The van der Waals surface area contributed by atoms with Crippen LogP contribution in [0.5, 0.6) is 11.5 Å². The molecule has 0 bridgehead atoms. The molecular weight excluding hydrogens is 404 g/mol. The summed E-state index contributed by atoms with van der Waals surface area (Å²) in [5.74, 6) is 0.570. The summed E-state index contributed by atoms with van der Waals surface area (Å²) in [7, 11) is -2.20. The summed E-state index contributed by atoms with van der Waals surface area (Å²) in [6.07, 6.45) is 2.78. The van der Waals surface area contributed by atoms with E-state index in [2.05, 4.69) is 5.32 Å². The van der Waals surface area contributed by atoms with Crippen LogP contribution in [0.1, 0.15) is 43.5 Å². The van der Waals surface area contributed by atoms with E-state index in [-0.39, 0.29) is 16.6 Å². The van der Waals surface area contributed by atoms with Crippen molar-refractivity contribution >= 4 is 21.6 Å². The monoisotopic (exact) mass is 432 g/mol. The second-order valence-electron chi connectivity index (χ2n) is 7.47. The molecule has 1 heterocycles. The van der Waals surface area contributed by atoms with Crippen LogP contribution in [0.2, 0.25) is 0 Å². The third-order valence-electron chi connectivity index (χ3n) is 4.85. The van der Waals surface area contributed by atoms with Crippen molar-refractivity contribution in [2.24, 2.45) is 0 Å². The van der Waals surface area contributed by atoms with Gasteiger partial charge in [-0.3, -0.25) is 4.79 Å². The topological polar surface area (TPSA) is 84.9 Å². The van der Waals surface area contributed by atoms with Crippen molar-refractivity contribution in [3.05, 3.63) is 48.0 Å². The van der Waals surface area contributed by atoms with Gasteiger partial charge in [0.2, 0.25) is 10.0 Å². The molecule has 2 aromatic rings. The first-order chi connectivity index (χ1) is 14.3. The Bertz CT molecular complexity index is 981. The van der Waals surface area contributed by atoms with Crippen LogP contribution in [0.25, 0.3) is 0 Å². The lowest BCUT2D eigenvalue weighted by atomic mass is 10.2. The van der Waals surface area contributed by atoms with Crippen LogP contribution in [0.4, 0.5) is 5.69 Å². The molecule has 0 spiro atoms. The number of hydrogen-bond donors (Lipinski definition) is 1. The first-order valence-corrected chi connectivity index (χ1v) is 11.5. The van der Waals surface area contributed by atoms with Gasteiger partial charge < -0.3 is 14.8 Å². The van der Waals surface area contributed by atoms with Gasteiger partial charge in [0.15, 0.2) is 0 Å². The van der Waals surface area contributed by atoms with Gasteiger partial charge in [0, 0.05) is 18.8 Å². The van der Waals surface area contributed by atoms with Gasteiger partial charge in [0.1, 0.15) is 11.5 Å². The van der Waals surface area contributed by atoms with Crippen molar-refractivity contribution in [2.45, 2.75) is 44.1 Å². The number of rotatable bonds is 7. The van der Waals surface area contributed by atoms with Crippen LogP contribution in [0.15, 0.2) is 47.4 Å². The largest absolute Gasteiger partial charge is 0.496 e. The first kappa shape index (κ1) is 22.1. The molecule has 0 aliphatic carbocycles. The fourth-order valence-electron chi connectivity index (χ4n) is 3.37. The Hall–Kier alpha value is -2.58. The quantitative estimate of drug-likeness (QED) is 0.717. The Kier molecular flexibility index (Phi) is 6.99. The number of ether oxygens (including phenoxy) is 2. The summed E-state index contributed by atoms with van der Waals surface area (Å²) in [4.78, 5) is 13.0. The molecule has 1 amide bonds. The molecule has 1 saturated heterocycles. The summed E-state index contributed by atoms with van der Waals surface area (Å²) in [5, 5.41) is 2.79. The molecule has 162 valence electrons. The SMILES string of the molecule is COc1ccc(S(=O)(=O)N2CCCCC2)cc1C(=O)Nc1ccc(OC(C)C)cc1. The molecule has 1 aliphatic heterocycles. The number of nitrogens with one attached hydrogen (secondary N) is 1. The summed E-state index contributed by atoms with van der Waals surface area (Å²) < 4.78 is 38.3. The maximum absolute atomic E-state index is 13.0. The lowest BCUT2D eigenvalue weighted by Crippen LogP contribution is -2.35. The molecule has 0 radical (unpaired) electrons. The Morgan fingerprint density at radius 1 is 1.03 bits per heavy atom. The lowest BCUT2D eigenvalue weighted by molar-refractivity contribution is 0.102. The number of benzene rings is 2. The van der Waals surface area contributed by atoms with Crippen LogP contribution < -0.4 is 14.8 Å². The van der Waals surface area contributed by atoms with Crippen molar-refractivity contribution < 1.29 is 22.7 Å². The predicted molar refractivity (Wildman–Crippen MR) is 116 cm³/mol. The van der Waals surface area contributed by atoms with Crippen molar-refractivity contribution in [3.8, 4) is 11.5 Å². The summed E-state index contributed by atoms with van der Waals surface area (Å²) >= 11 is 0. The van der Waals surface area contributed by atoms with Gasteiger partial charge >= 0.3 is 0 Å². The highest BCUT2D eigenvalue weighted by Crippen LogP contribution is 2.27. The van der Waals surface area contributed by atoms with Gasteiger partial charge in [-0.25, -0.2) is 8.42 Å². The molecule has 1 fully saturated rings. The molecule has 0 aromatic heterocycles. The number of carbonyl (C=O) groups is 1. The number of methoxy groups -OCH3 is 1. The highest BCUT2D eigenvalue weighted by Gasteiger charge is 2.27. The van der Waals surface area contributed by atoms with Gasteiger partial charge in [-0.2, -0.15) is 4.31 Å². The van der Waals surface area contributed by atoms with E-state index in [1.54, 1.807) is 24.3 Å². The van der Waals surface area contributed by atoms with E-state index in [0.29, 0.717) is 30.3 Å². The number of nitrogens with zero attached hydrogens (tertiary/aromatic N) is 1. The van der Waals surface area contributed by atoms with Crippen molar-refractivity contribution in [1.82, 2.24) is 4.31 Å². The molecule has 8 heteroatoms. The minimum atomic E-state index is -3.65. The molecule has 2 aromatic carbocycles. The van der Waals surface area contributed by atoms with Gasteiger partial charge in [-0.05, 0) is 69.2 Å². The lowest BCUT2D eigenvalue weighted by Gasteiger charge is -2.26. The summed E-state index contributed by atoms with van der Waals surface area (Å²) in [6.45, 7) is 4.88. The Balaban J connectivity index is 1.83. The van der Waals surface area contributed by atoms with Crippen molar-refractivity contribution in [3.63, 3.8) is 0 Å². The van der Waals surface area contributed by atoms with E-state index in [9.17, 15) is 13.2 Å². The van der Waals surface area contributed by atoms with Crippen molar-refractivity contribution in [2.75, 3.05) is 25.5 Å².